The van der Waals surface area contributed by atoms with Crippen molar-refractivity contribution in [3.63, 3.8) is 0 Å². The van der Waals surface area contributed by atoms with Crippen molar-refractivity contribution in [3.05, 3.63) is 65.5 Å². The lowest BCUT2D eigenvalue weighted by Gasteiger charge is -2.12. The van der Waals surface area contributed by atoms with Gasteiger partial charge in [0.05, 0.1) is 18.7 Å². The van der Waals surface area contributed by atoms with Crippen LogP contribution in [0, 0.1) is 5.82 Å². The molecule has 1 atom stereocenters. The van der Waals surface area contributed by atoms with Crippen LogP contribution in [0.5, 0.6) is 5.75 Å². The zero-order valence-electron chi connectivity index (χ0n) is 10.5. The molecule has 0 amide bonds. The van der Waals surface area contributed by atoms with Gasteiger partial charge in [0.1, 0.15) is 0 Å². The standard InChI is InChI=1S/C15H14FNO2/c1-19-12-9-5-8-11(13(12)16)15(18)14(17)10-6-3-2-4-7-10/h2-9,14H,17H2,1H3. The molecule has 0 bridgehead atoms. The number of nitrogens with two attached hydrogens (primary N) is 1. The van der Waals surface area contributed by atoms with E-state index < -0.39 is 17.6 Å². The molecule has 0 aliphatic carbocycles. The molecule has 0 aromatic heterocycles. The molecular weight excluding hydrogens is 245 g/mol. The predicted octanol–water partition coefficient (Wildman–Crippen LogP) is 2.72. The number of hydrogen-bond acceptors (Lipinski definition) is 3. The topological polar surface area (TPSA) is 52.3 Å². The van der Waals surface area contributed by atoms with Crippen molar-refractivity contribution >= 4 is 5.78 Å². The molecule has 3 nitrogen and oxygen atoms in total. The van der Waals surface area contributed by atoms with Crippen molar-refractivity contribution in [1.82, 2.24) is 0 Å². The molecule has 2 rings (SSSR count). The molecule has 98 valence electrons. The molecule has 0 aliphatic heterocycles. The summed E-state index contributed by atoms with van der Waals surface area (Å²) in [6, 6.07) is 12.4. The van der Waals surface area contributed by atoms with Crippen LogP contribution in [0.15, 0.2) is 48.5 Å². The van der Waals surface area contributed by atoms with Gasteiger partial charge in [-0.3, -0.25) is 4.79 Å². The van der Waals surface area contributed by atoms with Gasteiger partial charge in [0, 0.05) is 0 Å². The van der Waals surface area contributed by atoms with Gasteiger partial charge in [0.2, 0.25) is 0 Å². The number of hydrogen-bond donors (Lipinski definition) is 1. The quantitative estimate of drug-likeness (QED) is 0.859. The van der Waals surface area contributed by atoms with E-state index in [2.05, 4.69) is 0 Å². The van der Waals surface area contributed by atoms with Gasteiger partial charge in [-0.15, -0.1) is 0 Å². The van der Waals surface area contributed by atoms with Gasteiger partial charge in [-0.05, 0) is 17.7 Å². The zero-order valence-corrected chi connectivity index (χ0v) is 10.5. The Balaban J connectivity index is 2.35. The molecule has 0 fully saturated rings. The first kappa shape index (κ1) is 13.2. The summed E-state index contributed by atoms with van der Waals surface area (Å²) >= 11 is 0. The minimum absolute atomic E-state index is 0.0334. The van der Waals surface area contributed by atoms with Crippen molar-refractivity contribution in [3.8, 4) is 5.75 Å². The van der Waals surface area contributed by atoms with Gasteiger partial charge in [-0.2, -0.15) is 0 Å². The number of carbonyl (C=O) groups excluding carboxylic acids is 1. The Bertz CT molecular complexity index is 584. The minimum atomic E-state index is -0.886. The number of Topliss-reactive ketones (excluding diaryl/α,β-unsaturated/α-hetero) is 1. The van der Waals surface area contributed by atoms with E-state index in [9.17, 15) is 9.18 Å². The van der Waals surface area contributed by atoms with Crippen molar-refractivity contribution < 1.29 is 13.9 Å². The Morgan fingerprint density at radius 3 is 2.47 bits per heavy atom. The highest BCUT2D eigenvalue weighted by molar-refractivity contribution is 6.01. The molecule has 0 radical (unpaired) electrons. The molecule has 1 unspecified atom stereocenters. The Kier molecular flexibility index (Phi) is 3.92. The molecule has 0 spiro atoms. The van der Waals surface area contributed by atoms with Crippen LogP contribution in [-0.4, -0.2) is 12.9 Å². The van der Waals surface area contributed by atoms with Crippen molar-refractivity contribution in [2.24, 2.45) is 5.73 Å². The number of ketones is 1. The summed E-state index contributed by atoms with van der Waals surface area (Å²) in [6.07, 6.45) is 0. The maximum Gasteiger partial charge on any atom is 0.187 e. The fraction of sp³-hybridized carbons (Fsp3) is 0.133. The van der Waals surface area contributed by atoms with E-state index in [0.29, 0.717) is 5.56 Å². The van der Waals surface area contributed by atoms with E-state index in [1.807, 2.05) is 6.07 Å². The van der Waals surface area contributed by atoms with Crippen LogP contribution in [0.4, 0.5) is 4.39 Å². The van der Waals surface area contributed by atoms with Gasteiger partial charge >= 0.3 is 0 Å². The van der Waals surface area contributed by atoms with Crippen LogP contribution >= 0.6 is 0 Å². The highest BCUT2D eigenvalue weighted by atomic mass is 19.1. The lowest BCUT2D eigenvalue weighted by atomic mass is 9.98. The third kappa shape index (κ3) is 2.63. The third-order valence-corrected chi connectivity index (χ3v) is 2.89. The lowest BCUT2D eigenvalue weighted by molar-refractivity contribution is 0.0956. The molecule has 0 saturated carbocycles. The average Bonchev–Trinajstić information content (AvgIpc) is 2.47. The summed E-state index contributed by atoms with van der Waals surface area (Å²) in [5.41, 5.74) is 6.46. The number of carbonyl (C=O) groups is 1. The Morgan fingerprint density at radius 2 is 1.84 bits per heavy atom. The Labute approximate surface area is 110 Å². The van der Waals surface area contributed by atoms with Crippen molar-refractivity contribution in [2.45, 2.75) is 6.04 Å². The SMILES string of the molecule is COc1cccc(C(=O)C(N)c2ccccc2)c1F. The van der Waals surface area contributed by atoms with E-state index in [4.69, 9.17) is 10.5 Å². The zero-order chi connectivity index (χ0) is 13.8. The maximum absolute atomic E-state index is 14.0. The highest BCUT2D eigenvalue weighted by Crippen LogP contribution is 2.24. The van der Waals surface area contributed by atoms with Crippen LogP contribution in [0.25, 0.3) is 0 Å². The Morgan fingerprint density at radius 1 is 1.16 bits per heavy atom. The highest BCUT2D eigenvalue weighted by Gasteiger charge is 2.22. The van der Waals surface area contributed by atoms with Gasteiger partial charge in [0.25, 0.3) is 0 Å². The first-order chi connectivity index (χ1) is 9.15. The van der Waals surface area contributed by atoms with E-state index in [0.717, 1.165) is 0 Å². The number of ether oxygens (including phenoxy) is 1. The molecule has 0 heterocycles. The summed E-state index contributed by atoms with van der Waals surface area (Å²) in [5, 5.41) is 0. The summed E-state index contributed by atoms with van der Waals surface area (Å²) in [6.45, 7) is 0. The van der Waals surface area contributed by atoms with Gasteiger partial charge in [-0.25, -0.2) is 4.39 Å². The molecule has 4 heteroatoms. The van der Waals surface area contributed by atoms with E-state index >= 15 is 0 Å². The maximum atomic E-state index is 14.0. The number of methoxy groups -OCH3 is 1. The predicted molar refractivity (Wildman–Crippen MR) is 70.7 cm³/mol. The summed E-state index contributed by atoms with van der Waals surface area (Å²) in [7, 11) is 1.35. The second kappa shape index (κ2) is 5.63. The number of benzene rings is 2. The summed E-state index contributed by atoms with van der Waals surface area (Å²) in [4.78, 5) is 12.2. The summed E-state index contributed by atoms with van der Waals surface area (Å²) in [5.74, 6) is -1.12. The third-order valence-electron chi connectivity index (χ3n) is 2.89. The first-order valence-corrected chi connectivity index (χ1v) is 5.82. The number of halogens is 1. The van der Waals surface area contributed by atoms with Crippen molar-refractivity contribution in [1.29, 1.82) is 0 Å². The molecule has 19 heavy (non-hydrogen) atoms. The van der Waals surface area contributed by atoms with Crippen LogP contribution in [0.3, 0.4) is 0 Å². The van der Waals surface area contributed by atoms with Gasteiger partial charge in [-0.1, -0.05) is 36.4 Å². The molecule has 2 aromatic rings. The molecular formula is C15H14FNO2. The Hall–Kier alpha value is -2.20. The second-order valence-electron chi connectivity index (χ2n) is 4.07. The minimum Gasteiger partial charge on any atom is -0.494 e. The largest absolute Gasteiger partial charge is 0.494 e. The van der Waals surface area contributed by atoms with Crippen LogP contribution in [0.1, 0.15) is 22.0 Å². The summed E-state index contributed by atoms with van der Waals surface area (Å²) < 4.78 is 18.9. The lowest BCUT2D eigenvalue weighted by Crippen LogP contribution is -2.22. The fourth-order valence-corrected chi connectivity index (χ4v) is 1.84. The smallest absolute Gasteiger partial charge is 0.187 e. The van der Waals surface area contributed by atoms with Gasteiger partial charge < -0.3 is 10.5 Å². The van der Waals surface area contributed by atoms with Crippen LogP contribution in [-0.2, 0) is 0 Å². The van der Waals surface area contributed by atoms with Crippen molar-refractivity contribution in [2.75, 3.05) is 7.11 Å². The molecule has 0 aliphatic rings. The van der Waals surface area contributed by atoms with E-state index in [1.54, 1.807) is 30.3 Å². The number of rotatable bonds is 4. The van der Waals surface area contributed by atoms with E-state index in [-0.39, 0.29) is 11.3 Å². The monoisotopic (exact) mass is 259 g/mol. The molecule has 0 saturated heterocycles. The fourth-order valence-electron chi connectivity index (χ4n) is 1.84. The van der Waals surface area contributed by atoms with Crippen LogP contribution < -0.4 is 10.5 Å². The van der Waals surface area contributed by atoms with E-state index in [1.165, 1.54) is 19.2 Å². The normalized spacial score (nSPS) is 11.9. The first-order valence-electron chi connectivity index (χ1n) is 5.82. The van der Waals surface area contributed by atoms with Gasteiger partial charge in [0.15, 0.2) is 17.3 Å². The molecule has 2 aromatic carbocycles. The average molecular weight is 259 g/mol. The molecule has 2 N–H and O–H groups in total. The second-order valence-corrected chi connectivity index (χ2v) is 4.07. The van der Waals surface area contributed by atoms with Crippen LogP contribution in [0.2, 0.25) is 0 Å².